The maximum Gasteiger partial charge on any atom is 0.320 e. The van der Waals surface area contributed by atoms with Crippen LogP contribution in [0.2, 0.25) is 0 Å². The summed E-state index contributed by atoms with van der Waals surface area (Å²) in [7, 11) is 0. The molecule has 0 bridgehead atoms. The van der Waals surface area contributed by atoms with Crippen LogP contribution in [0, 0.1) is 5.92 Å². The SMILES string of the molecule is NCCC(CC(N)C(=O)O)C(=O)NO. The van der Waals surface area contributed by atoms with Gasteiger partial charge in [0, 0.05) is 5.92 Å². The van der Waals surface area contributed by atoms with E-state index < -0.39 is 23.8 Å². The zero-order valence-electron chi connectivity index (χ0n) is 7.64. The van der Waals surface area contributed by atoms with Crippen molar-refractivity contribution in [2.24, 2.45) is 17.4 Å². The summed E-state index contributed by atoms with van der Waals surface area (Å²) < 4.78 is 0. The van der Waals surface area contributed by atoms with Gasteiger partial charge in [-0.2, -0.15) is 0 Å². The average Bonchev–Trinajstić information content (AvgIpc) is 2.15. The maximum absolute atomic E-state index is 11.0. The minimum atomic E-state index is -1.18. The Morgan fingerprint density at radius 1 is 1.43 bits per heavy atom. The van der Waals surface area contributed by atoms with Gasteiger partial charge in [-0.3, -0.25) is 14.8 Å². The first-order valence-electron chi connectivity index (χ1n) is 4.15. The van der Waals surface area contributed by atoms with Gasteiger partial charge in [0.25, 0.3) is 0 Å². The fourth-order valence-corrected chi connectivity index (χ4v) is 1.06. The number of carbonyl (C=O) groups excluding carboxylic acids is 1. The van der Waals surface area contributed by atoms with Crippen LogP contribution in [0.5, 0.6) is 0 Å². The van der Waals surface area contributed by atoms with Crippen LogP contribution in [0.4, 0.5) is 0 Å². The molecule has 2 unspecified atom stereocenters. The second-order valence-electron chi connectivity index (χ2n) is 2.93. The number of aliphatic carboxylic acids is 1. The lowest BCUT2D eigenvalue weighted by molar-refractivity contribution is -0.140. The van der Waals surface area contributed by atoms with Gasteiger partial charge in [0.15, 0.2) is 0 Å². The minimum Gasteiger partial charge on any atom is -0.480 e. The Morgan fingerprint density at radius 2 is 2.00 bits per heavy atom. The monoisotopic (exact) mass is 205 g/mol. The first-order chi connectivity index (χ1) is 6.52. The molecule has 0 radical (unpaired) electrons. The normalized spacial score (nSPS) is 14.5. The van der Waals surface area contributed by atoms with Crippen LogP contribution in [0.1, 0.15) is 12.8 Å². The van der Waals surface area contributed by atoms with E-state index in [0.29, 0.717) is 0 Å². The van der Waals surface area contributed by atoms with Gasteiger partial charge in [0.05, 0.1) is 0 Å². The Morgan fingerprint density at radius 3 is 2.36 bits per heavy atom. The van der Waals surface area contributed by atoms with Crippen LogP contribution < -0.4 is 16.9 Å². The van der Waals surface area contributed by atoms with E-state index in [-0.39, 0.29) is 19.4 Å². The van der Waals surface area contributed by atoms with Crippen molar-refractivity contribution in [3.8, 4) is 0 Å². The minimum absolute atomic E-state index is 0.0427. The second kappa shape index (κ2) is 6.30. The van der Waals surface area contributed by atoms with Gasteiger partial charge in [0.1, 0.15) is 6.04 Å². The van der Waals surface area contributed by atoms with Gasteiger partial charge in [-0.05, 0) is 19.4 Å². The van der Waals surface area contributed by atoms with Gasteiger partial charge in [-0.1, -0.05) is 0 Å². The van der Waals surface area contributed by atoms with Crippen LogP contribution in [-0.4, -0.2) is 34.8 Å². The summed E-state index contributed by atoms with van der Waals surface area (Å²) in [6, 6.07) is -1.12. The van der Waals surface area contributed by atoms with Gasteiger partial charge in [-0.15, -0.1) is 0 Å². The molecule has 0 aliphatic rings. The van der Waals surface area contributed by atoms with E-state index in [1.165, 1.54) is 5.48 Å². The molecule has 7 N–H and O–H groups in total. The van der Waals surface area contributed by atoms with Crippen molar-refractivity contribution >= 4 is 11.9 Å². The Bertz CT molecular complexity index is 209. The van der Waals surface area contributed by atoms with E-state index in [4.69, 9.17) is 21.8 Å². The standard InChI is InChI=1S/C7H15N3O4/c8-2-1-4(6(11)10-14)3-5(9)7(12)13/h4-5,14H,1-3,8-9H2,(H,10,11)(H,12,13). The third-order valence-electron chi connectivity index (χ3n) is 1.85. The summed E-state index contributed by atoms with van der Waals surface area (Å²) in [5.74, 6) is -2.51. The number of hydrogen-bond acceptors (Lipinski definition) is 5. The number of amides is 1. The van der Waals surface area contributed by atoms with E-state index in [9.17, 15) is 9.59 Å². The molecule has 0 aromatic rings. The number of nitrogens with two attached hydrogens (primary N) is 2. The summed E-state index contributed by atoms with van der Waals surface area (Å²) in [6.45, 7) is 0.227. The molecule has 0 rings (SSSR count). The van der Waals surface area contributed by atoms with Crippen molar-refractivity contribution in [2.75, 3.05) is 6.54 Å². The molecular weight excluding hydrogens is 190 g/mol. The summed E-state index contributed by atoms with van der Waals surface area (Å²) in [4.78, 5) is 21.4. The molecule has 0 aromatic heterocycles. The van der Waals surface area contributed by atoms with Crippen LogP contribution >= 0.6 is 0 Å². The van der Waals surface area contributed by atoms with Gasteiger partial charge in [-0.25, -0.2) is 5.48 Å². The molecule has 0 aliphatic heterocycles. The predicted molar refractivity (Wildman–Crippen MR) is 47.3 cm³/mol. The fourth-order valence-electron chi connectivity index (χ4n) is 1.06. The molecular formula is C7H15N3O4. The first kappa shape index (κ1) is 12.8. The Labute approximate surface area is 81.0 Å². The van der Waals surface area contributed by atoms with Gasteiger partial charge < -0.3 is 16.6 Å². The zero-order chi connectivity index (χ0) is 11.1. The van der Waals surface area contributed by atoms with E-state index in [1.54, 1.807) is 0 Å². The molecule has 7 nitrogen and oxygen atoms in total. The third kappa shape index (κ3) is 4.17. The van der Waals surface area contributed by atoms with E-state index >= 15 is 0 Å². The molecule has 0 heterocycles. The third-order valence-corrected chi connectivity index (χ3v) is 1.85. The molecule has 14 heavy (non-hydrogen) atoms. The van der Waals surface area contributed by atoms with Crippen molar-refractivity contribution in [1.29, 1.82) is 0 Å². The van der Waals surface area contributed by atoms with Gasteiger partial charge in [0.2, 0.25) is 5.91 Å². The average molecular weight is 205 g/mol. The topological polar surface area (TPSA) is 139 Å². The molecule has 0 saturated carbocycles. The summed E-state index contributed by atoms with van der Waals surface area (Å²) >= 11 is 0. The second-order valence-corrected chi connectivity index (χ2v) is 2.93. The fraction of sp³-hybridized carbons (Fsp3) is 0.714. The number of carboxylic acid groups (broad SMARTS) is 1. The number of hydroxylamine groups is 1. The number of rotatable bonds is 6. The van der Waals surface area contributed by atoms with Crippen LogP contribution in [0.15, 0.2) is 0 Å². The molecule has 82 valence electrons. The van der Waals surface area contributed by atoms with Crippen molar-refractivity contribution in [3.05, 3.63) is 0 Å². The number of nitrogens with one attached hydrogen (secondary N) is 1. The molecule has 7 heteroatoms. The highest BCUT2D eigenvalue weighted by molar-refractivity contribution is 5.79. The highest BCUT2D eigenvalue weighted by Crippen LogP contribution is 2.10. The highest BCUT2D eigenvalue weighted by atomic mass is 16.5. The van der Waals surface area contributed by atoms with Crippen molar-refractivity contribution in [1.82, 2.24) is 5.48 Å². The number of carboxylic acids is 1. The largest absolute Gasteiger partial charge is 0.480 e. The van der Waals surface area contributed by atoms with Crippen LogP contribution in [0.25, 0.3) is 0 Å². The van der Waals surface area contributed by atoms with E-state index in [1.807, 2.05) is 0 Å². The lowest BCUT2D eigenvalue weighted by Gasteiger charge is -2.15. The molecule has 0 aliphatic carbocycles. The highest BCUT2D eigenvalue weighted by Gasteiger charge is 2.23. The van der Waals surface area contributed by atoms with Crippen molar-refractivity contribution in [3.63, 3.8) is 0 Å². The molecule has 2 atom stereocenters. The van der Waals surface area contributed by atoms with E-state index in [0.717, 1.165) is 0 Å². The first-order valence-corrected chi connectivity index (χ1v) is 4.15. The lowest BCUT2D eigenvalue weighted by atomic mass is 9.96. The number of carbonyl (C=O) groups is 2. The van der Waals surface area contributed by atoms with Crippen molar-refractivity contribution < 1.29 is 19.9 Å². The van der Waals surface area contributed by atoms with Crippen LogP contribution in [-0.2, 0) is 9.59 Å². The molecule has 0 fully saturated rings. The summed E-state index contributed by atoms with van der Waals surface area (Å²) in [5, 5.41) is 16.9. The zero-order valence-corrected chi connectivity index (χ0v) is 7.64. The number of hydrogen-bond donors (Lipinski definition) is 5. The lowest BCUT2D eigenvalue weighted by Crippen LogP contribution is -2.38. The Hall–Kier alpha value is -1.18. The molecule has 0 saturated heterocycles. The maximum atomic E-state index is 11.0. The summed E-state index contributed by atoms with van der Waals surface area (Å²) in [5.41, 5.74) is 11.9. The summed E-state index contributed by atoms with van der Waals surface area (Å²) in [6.07, 6.45) is 0.242. The molecule has 0 spiro atoms. The smallest absolute Gasteiger partial charge is 0.320 e. The predicted octanol–water partition coefficient (Wildman–Crippen LogP) is -1.74. The Kier molecular flexibility index (Phi) is 5.77. The molecule has 1 amide bonds. The van der Waals surface area contributed by atoms with Crippen LogP contribution in [0.3, 0.4) is 0 Å². The Balaban J connectivity index is 4.21. The molecule has 0 aromatic carbocycles. The quantitative estimate of drug-likeness (QED) is 0.257. The van der Waals surface area contributed by atoms with Crippen molar-refractivity contribution in [2.45, 2.75) is 18.9 Å². The van der Waals surface area contributed by atoms with Gasteiger partial charge >= 0.3 is 5.97 Å². The van der Waals surface area contributed by atoms with E-state index in [2.05, 4.69) is 0 Å².